The Bertz CT molecular complexity index is 777. The second-order valence-electron chi connectivity index (χ2n) is 7.74. The number of benzene rings is 1. The molecule has 1 aromatic heterocycles. The molecule has 7 heteroatoms. The van der Waals surface area contributed by atoms with E-state index in [2.05, 4.69) is 33.0 Å². The Kier molecular flexibility index (Phi) is 7.90. The topological polar surface area (TPSA) is 76.4 Å². The SMILES string of the molecule is COc1ccc(CCCCNC(=NCc2nnc(C)n2C)NC2CCCC2)cc1. The number of aliphatic imine (C=N–C) groups is 1. The van der Waals surface area contributed by atoms with Gasteiger partial charge in [-0.15, -0.1) is 10.2 Å². The number of guanidine groups is 1. The maximum Gasteiger partial charge on any atom is 0.191 e. The van der Waals surface area contributed by atoms with E-state index in [0.29, 0.717) is 12.6 Å². The lowest BCUT2D eigenvalue weighted by molar-refractivity contribution is 0.414. The molecule has 7 nitrogen and oxygen atoms in total. The van der Waals surface area contributed by atoms with Gasteiger partial charge in [0.05, 0.1) is 7.11 Å². The van der Waals surface area contributed by atoms with Crippen LogP contribution in [0.1, 0.15) is 55.7 Å². The van der Waals surface area contributed by atoms with Crippen LogP contribution in [-0.4, -0.2) is 40.4 Å². The van der Waals surface area contributed by atoms with Gasteiger partial charge in [0, 0.05) is 19.6 Å². The number of methoxy groups -OCH3 is 1. The zero-order chi connectivity index (χ0) is 20.5. The third kappa shape index (κ3) is 6.48. The summed E-state index contributed by atoms with van der Waals surface area (Å²) >= 11 is 0. The van der Waals surface area contributed by atoms with Crippen molar-refractivity contribution in [1.82, 2.24) is 25.4 Å². The second kappa shape index (κ2) is 10.8. The summed E-state index contributed by atoms with van der Waals surface area (Å²) in [5.41, 5.74) is 1.35. The van der Waals surface area contributed by atoms with Crippen molar-refractivity contribution >= 4 is 5.96 Å². The zero-order valence-corrected chi connectivity index (χ0v) is 17.9. The second-order valence-corrected chi connectivity index (χ2v) is 7.74. The lowest BCUT2D eigenvalue weighted by atomic mass is 10.1. The van der Waals surface area contributed by atoms with Gasteiger partial charge in [0.1, 0.15) is 18.1 Å². The van der Waals surface area contributed by atoms with Crippen LogP contribution in [0.5, 0.6) is 5.75 Å². The van der Waals surface area contributed by atoms with Gasteiger partial charge in [-0.3, -0.25) is 0 Å². The van der Waals surface area contributed by atoms with Crippen molar-refractivity contribution < 1.29 is 4.74 Å². The predicted molar refractivity (Wildman–Crippen MR) is 116 cm³/mol. The van der Waals surface area contributed by atoms with Gasteiger partial charge in [-0.05, 0) is 56.7 Å². The minimum atomic E-state index is 0.529. The van der Waals surface area contributed by atoms with Crippen molar-refractivity contribution in [2.24, 2.45) is 12.0 Å². The molecule has 1 aliphatic rings. The van der Waals surface area contributed by atoms with Crippen LogP contribution >= 0.6 is 0 Å². The molecule has 29 heavy (non-hydrogen) atoms. The summed E-state index contributed by atoms with van der Waals surface area (Å²) in [6.45, 7) is 3.40. The maximum absolute atomic E-state index is 5.22. The van der Waals surface area contributed by atoms with Gasteiger partial charge in [0.25, 0.3) is 0 Å². The summed E-state index contributed by atoms with van der Waals surface area (Å²) in [4.78, 5) is 4.76. The van der Waals surface area contributed by atoms with E-state index in [1.807, 2.05) is 30.7 Å². The molecule has 158 valence electrons. The molecule has 0 radical (unpaired) electrons. The molecule has 0 atom stereocenters. The molecule has 1 aliphatic carbocycles. The quantitative estimate of drug-likeness (QED) is 0.386. The standard InChI is InChI=1S/C22H34N6O/c1-17-26-27-21(28(17)2)16-24-22(25-19-9-4-5-10-19)23-15-7-6-8-18-11-13-20(29-3)14-12-18/h11-14,19H,4-10,15-16H2,1-3H3,(H2,23,24,25). The molecule has 3 rings (SSSR count). The largest absolute Gasteiger partial charge is 0.497 e. The van der Waals surface area contributed by atoms with Crippen LogP contribution in [0.15, 0.2) is 29.3 Å². The van der Waals surface area contributed by atoms with Crippen molar-refractivity contribution in [2.75, 3.05) is 13.7 Å². The molecule has 0 bridgehead atoms. The van der Waals surface area contributed by atoms with Crippen LogP contribution in [0.4, 0.5) is 0 Å². The Morgan fingerprint density at radius 3 is 2.59 bits per heavy atom. The maximum atomic E-state index is 5.22. The number of ether oxygens (including phenoxy) is 1. The van der Waals surface area contributed by atoms with Crippen LogP contribution in [0, 0.1) is 6.92 Å². The molecule has 2 aromatic rings. The number of aromatic nitrogens is 3. The van der Waals surface area contributed by atoms with E-state index in [1.54, 1.807) is 7.11 Å². The van der Waals surface area contributed by atoms with Gasteiger partial charge in [0.15, 0.2) is 11.8 Å². The van der Waals surface area contributed by atoms with E-state index >= 15 is 0 Å². The monoisotopic (exact) mass is 398 g/mol. The van der Waals surface area contributed by atoms with Crippen LogP contribution in [0.3, 0.4) is 0 Å². The molecule has 0 amide bonds. The molecular weight excluding hydrogens is 364 g/mol. The Hall–Kier alpha value is -2.57. The van der Waals surface area contributed by atoms with E-state index in [-0.39, 0.29) is 0 Å². The van der Waals surface area contributed by atoms with Gasteiger partial charge in [-0.25, -0.2) is 4.99 Å². The first kappa shape index (κ1) is 21.1. The molecule has 1 aromatic carbocycles. The Morgan fingerprint density at radius 2 is 1.93 bits per heavy atom. The van der Waals surface area contributed by atoms with Crippen LogP contribution in [0.2, 0.25) is 0 Å². The first-order chi connectivity index (χ1) is 14.2. The summed E-state index contributed by atoms with van der Waals surface area (Å²) in [5.74, 6) is 3.59. The van der Waals surface area contributed by atoms with Crippen LogP contribution in [-0.2, 0) is 20.0 Å². The van der Waals surface area contributed by atoms with Crippen molar-refractivity contribution in [3.63, 3.8) is 0 Å². The van der Waals surface area contributed by atoms with E-state index in [0.717, 1.165) is 49.2 Å². The lowest BCUT2D eigenvalue weighted by Gasteiger charge is -2.17. The first-order valence-corrected chi connectivity index (χ1v) is 10.7. The Labute approximate surface area is 174 Å². The number of aryl methyl sites for hydroxylation is 2. The minimum absolute atomic E-state index is 0.529. The van der Waals surface area contributed by atoms with Gasteiger partial charge < -0.3 is 19.9 Å². The van der Waals surface area contributed by atoms with Crippen molar-refractivity contribution in [3.8, 4) is 5.75 Å². The summed E-state index contributed by atoms with van der Waals surface area (Å²) in [6.07, 6.45) is 8.36. The number of rotatable bonds is 9. The summed E-state index contributed by atoms with van der Waals surface area (Å²) in [6, 6.07) is 8.87. The summed E-state index contributed by atoms with van der Waals surface area (Å²) in [7, 11) is 3.68. The van der Waals surface area contributed by atoms with Gasteiger partial charge in [-0.2, -0.15) is 0 Å². The number of nitrogens with zero attached hydrogens (tertiary/aromatic N) is 4. The van der Waals surface area contributed by atoms with E-state index in [9.17, 15) is 0 Å². The van der Waals surface area contributed by atoms with Crippen molar-refractivity contribution in [1.29, 1.82) is 0 Å². The normalized spacial score (nSPS) is 14.9. The third-order valence-electron chi connectivity index (χ3n) is 5.60. The Morgan fingerprint density at radius 1 is 1.17 bits per heavy atom. The average molecular weight is 399 g/mol. The predicted octanol–water partition coefficient (Wildman–Crippen LogP) is 3.13. The summed E-state index contributed by atoms with van der Waals surface area (Å²) in [5, 5.41) is 15.4. The Balaban J connectivity index is 1.46. The first-order valence-electron chi connectivity index (χ1n) is 10.7. The highest BCUT2D eigenvalue weighted by atomic mass is 16.5. The number of unbranched alkanes of at least 4 members (excludes halogenated alkanes) is 1. The van der Waals surface area contributed by atoms with Crippen molar-refractivity contribution in [3.05, 3.63) is 41.5 Å². The molecule has 1 saturated carbocycles. The molecule has 0 saturated heterocycles. The lowest BCUT2D eigenvalue weighted by Crippen LogP contribution is -2.42. The van der Waals surface area contributed by atoms with Gasteiger partial charge >= 0.3 is 0 Å². The number of hydrogen-bond donors (Lipinski definition) is 2. The molecule has 1 fully saturated rings. The fourth-order valence-corrected chi connectivity index (χ4v) is 3.61. The van der Waals surface area contributed by atoms with Gasteiger partial charge in [0.2, 0.25) is 0 Å². The van der Waals surface area contributed by atoms with Gasteiger partial charge in [-0.1, -0.05) is 25.0 Å². The fraction of sp³-hybridized carbons (Fsp3) is 0.591. The smallest absolute Gasteiger partial charge is 0.191 e. The van der Waals surface area contributed by atoms with E-state index < -0.39 is 0 Å². The molecule has 1 heterocycles. The molecular formula is C22H34N6O. The van der Waals surface area contributed by atoms with Crippen molar-refractivity contribution in [2.45, 2.75) is 64.5 Å². The van der Waals surface area contributed by atoms with Crippen LogP contribution < -0.4 is 15.4 Å². The third-order valence-corrected chi connectivity index (χ3v) is 5.60. The highest BCUT2D eigenvalue weighted by Gasteiger charge is 2.16. The average Bonchev–Trinajstić information content (AvgIpc) is 3.36. The highest BCUT2D eigenvalue weighted by Crippen LogP contribution is 2.17. The molecule has 0 spiro atoms. The fourth-order valence-electron chi connectivity index (χ4n) is 3.61. The molecule has 0 unspecified atom stereocenters. The number of nitrogens with one attached hydrogen (secondary N) is 2. The molecule has 0 aliphatic heterocycles. The zero-order valence-electron chi connectivity index (χ0n) is 17.9. The van der Waals surface area contributed by atoms with E-state index in [1.165, 1.54) is 31.2 Å². The van der Waals surface area contributed by atoms with Crippen LogP contribution in [0.25, 0.3) is 0 Å². The summed E-state index contributed by atoms with van der Waals surface area (Å²) < 4.78 is 7.21. The molecule has 2 N–H and O–H groups in total. The highest BCUT2D eigenvalue weighted by molar-refractivity contribution is 5.80. The number of hydrogen-bond acceptors (Lipinski definition) is 4. The van der Waals surface area contributed by atoms with E-state index in [4.69, 9.17) is 9.73 Å². The minimum Gasteiger partial charge on any atom is -0.497 e.